The number of nitrogens with one attached hydrogen (secondary N) is 1. The number of rotatable bonds is 5. The zero-order valence-electron chi connectivity index (χ0n) is 9.44. The Kier molecular flexibility index (Phi) is 4.58. The third-order valence-corrected chi connectivity index (χ3v) is 3.41. The highest BCUT2D eigenvalue weighted by Crippen LogP contribution is 2.38. The quantitative estimate of drug-likeness (QED) is 0.571. The maximum atomic E-state index is 12.2. The van der Waals surface area contributed by atoms with Crippen LogP contribution in [0.4, 0.5) is 13.2 Å². The summed E-state index contributed by atoms with van der Waals surface area (Å²) in [4.78, 5) is 0. The summed E-state index contributed by atoms with van der Waals surface area (Å²) in [5, 5.41) is 0. The van der Waals surface area contributed by atoms with Crippen LogP contribution in [0.25, 0.3) is 0 Å². The summed E-state index contributed by atoms with van der Waals surface area (Å²) < 4.78 is 41.9. The fourth-order valence-corrected chi connectivity index (χ4v) is 2.47. The molecule has 0 spiro atoms. The van der Waals surface area contributed by atoms with Crippen molar-refractivity contribution in [3.05, 3.63) is 0 Å². The Labute approximate surface area is 93.5 Å². The fraction of sp³-hybridized carbons (Fsp3) is 1.00. The molecule has 1 aliphatic carbocycles. The van der Waals surface area contributed by atoms with Crippen molar-refractivity contribution in [2.75, 3.05) is 7.11 Å². The molecule has 0 aromatic heterocycles. The van der Waals surface area contributed by atoms with E-state index >= 15 is 0 Å². The molecule has 1 fully saturated rings. The molecule has 3 nitrogen and oxygen atoms in total. The molecular formula is C10H19F3N2O. The zero-order chi connectivity index (χ0) is 12.2. The summed E-state index contributed by atoms with van der Waals surface area (Å²) in [5.41, 5.74) is 1.97. The van der Waals surface area contributed by atoms with E-state index in [1.165, 1.54) is 0 Å². The van der Waals surface area contributed by atoms with Gasteiger partial charge in [0.25, 0.3) is 0 Å². The van der Waals surface area contributed by atoms with Crippen molar-refractivity contribution in [1.82, 2.24) is 5.43 Å². The highest BCUT2D eigenvalue weighted by molar-refractivity contribution is 4.96. The largest absolute Gasteiger partial charge is 0.389 e. The van der Waals surface area contributed by atoms with Crippen molar-refractivity contribution in [2.24, 2.45) is 5.84 Å². The van der Waals surface area contributed by atoms with E-state index in [4.69, 9.17) is 10.6 Å². The monoisotopic (exact) mass is 240 g/mol. The first-order valence-corrected chi connectivity index (χ1v) is 5.51. The Morgan fingerprint density at radius 1 is 1.38 bits per heavy atom. The second-order valence-corrected chi connectivity index (χ2v) is 4.35. The molecule has 0 aromatic carbocycles. The maximum Gasteiger partial charge on any atom is 0.389 e. The molecule has 1 rings (SSSR count). The van der Waals surface area contributed by atoms with Crippen LogP contribution in [-0.4, -0.2) is 24.9 Å². The van der Waals surface area contributed by atoms with E-state index in [2.05, 4.69) is 5.43 Å². The lowest BCUT2D eigenvalue weighted by atomic mass is 9.89. The molecular weight excluding hydrogens is 221 g/mol. The van der Waals surface area contributed by atoms with Crippen molar-refractivity contribution in [2.45, 2.75) is 56.3 Å². The molecule has 1 unspecified atom stereocenters. The van der Waals surface area contributed by atoms with E-state index in [1.807, 2.05) is 0 Å². The van der Waals surface area contributed by atoms with Gasteiger partial charge in [-0.15, -0.1) is 0 Å². The summed E-state index contributed by atoms with van der Waals surface area (Å²) in [6.07, 6.45) is -1.48. The Morgan fingerprint density at radius 2 is 1.94 bits per heavy atom. The van der Waals surface area contributed by atoms with Crippen molar-refractivity contribution in [1.29, 1.82) is 0 Å². The SMILES string of the molecule is COC1(C(CCC(F)(F)F)NN)CCCC1. The molecule has 1 aliphatic rings. The van der Waals surface area contributed by atoms with Gasteiger partial charge in [0.15, 0.2) is 0 Å². The molecule has 1 saturated carbocycles. The first-order valence-electron chi connectivity index (χ1n) is 5.51. The van der Waals surface area contributed by atoms with Crippen molar-refractivity contribution >= 4 is 0 Å². The van der Waals surface area contributed by atoms with Crippen molar-refractivity contribution < 1.29 is 17.9 Å². The molecule has 0 bridgehead atoms. The lowest BCUT2D eigenvalue weighted by Crippen LogP contribution is -2.53. The van der Waals surface area contributed by atoms with Crippen LogP contribution in [0.15, 0.2) is 0 Å². The van der Waals surface area contributed by atoms with Crippen LogP contribution in [-0.2, 0) is 4.74 Å². The van der Waals surface area contributed by atoms with Crippen LogP contribution in [0, 0.1) is 0 Å². The van der Waals surface area contributed by atoms with Crippen LogP contribution in [0.5, 0.6) is 0 Å². The standard InChI is InChI=1S/C10H19F3N2O/c1-16-9(5-2-3-6-9)8(15-14)4-7-10(11,12)13/h8,15H,2-7,14H2,1H3. The predicted octanol–water partition coefficient (Wildman–Crippen LogP) is 2.12. The van der Waals surface area contributed by atoms with Gasteiger partial charge in [-0.25, -0.2) is 0 Å². The Hall–Kier alpha value is -0.330. The molecule has 0 radical (unpaired) electrons. The first kappa shape index (κ1) is 13.7. The Bertz CT molecular complexity index is 215. The number of alkyl halides is 3. The average Bonchev–Trinajstić information content (AvgIpc) is 2.67. The van der Waals surface area contributed by atoms with E-state index in [0.29, 0.717) is 0 Å². The summed E-state index contributed by atoms with van der Waals surface area (Å²) in [6, 6.07) is -0.429. The van der Waals surface area contributed by atoms with Gasteiger partial charge in [-0.2, -0.15) is 13.2 Å². The Balaban J connectivity index is 2.58. The maximum absolute atomic E-state index is 12.2. The molecule has 0 heterocycles. The van der Waals surface area contributed by atoms with Gasteiger partial charge in [-0.1, -0.05) is 12.8 Å². The normalized spacial score (nSPS) is 22.3. The van der Waals surface area contributed by atoms with Crippen molar-refractivity contribution in [3.8, 4) is 0 Å². The Morgan fingerprint density at radius 3 is 2.31 bits per heavy atom. The number of ether oxygens (including phenoxy) is 1. The van der Waals surface area contributed by atoms with Crippen LogP contribution >= 0.6 is 0 Å². The van der Waals surface area contributed by atoms with Gasteiger partial charge in [-0.05, 0) is 19.3 Å². The predicted molar refractivity (Wildman–Crippen MR) is 54.6 cm³/mol. The number of methoxy groups -OCH3 is 1. The summed E-state index contributed by atoms with van der Waals surface area (Å²) >= 11 is 0. The third kappa shape index (κ3) is 3.33. The lowest BCUT2D eigenvalue weighted by molar-refractivity contribution is -0.141. The minimum Gasteiger partial charge on any atom is -0.377 e. The molecule has 0 aliphatic heterocycles. The van der Waals surface area contributed by atoms with Crippen molar-refractivity contribution in [3.63, 3.8) is 0 Å². The highest BCUT2D eigenvalue weighted by Gasteiger charge is 2.42. The molecule has 1 atom stereocenters. The summed E-state index contributed by atoms with van der Waals surface area (Å²) in [7, 11) is 1.54. The number of nitrogens with two attached hydrogens (primary N) is 1. The summed E-state index contributed by atoms with van der Waals surface area (Å²) in [5.74, 6) is 5.35. The third-order valence-electron chi connectivity index (χ3n) is 3.41. The van der Waals surface area contributed by atoms with E-state index in [1.54, 1.807) is 7.11 Å². The molecule has 6 heteroatoms. The van der Waals surface area contributed by atoms with Gasteiger partial charge < -0.3 is 4.74 Å². The van der Waals surface area contributed by atoms with E-state index < -0.39 is 24.2 Å². The van der Waals surface area contributed by atoms with Crippen LogP contribution in [0.1, 0.15) is 38.5 Å². The van der Waals surface area contributed by atoms with E-state index in [-0.39, 0.29) is 6.42 Å². The fourth-order valence-electron chi connectivity index (χ4n) is 2.47. The van der Waals surface area contributed by atoms with Gasteiger partial charge in [0.1, 0.15) is 0 Å². The smallest absolute Gasteiger partial charge is 0.377 e. The van der Waals surface area contributed by atoms with Gasteiger partial charge >= 0.3 is 6.18 Å². The van der Waals surface area contributed by atoms with E-state index in [9.17, 15) is 13.2 Å². The minimum absolute atomic E-state index is 0.0339. The highest BCUT2D eigenvalue weighted by atomic mass is 19.4. The number of hydrazine groups is 1. The second-order valence-electron chi connectivity index (χ2n) is 4.35. The molecule has 0 aromatic rings. The van der Waals surface area contributed by atoms with Gasteiger partial charge in [0, 0.05) is 13.5 Å². The minimum atomic E-state index is -4.14. The van der Waals surface area contributed by atoms with Crippen LogP contribution < -0.4 is 11.3 Å². The van der Waals surface area contributed by atoms with E-state index in [0.717, 1.165) is 25.7 Å². The number of hydrogen-bond donors (Lipinski definition) is 2. The lowest BCUT2D eigenvalue weighted by Gasteiger charge is -2.36. The van der Waals surface area contributed by atoms with Gasteiger partial charge in [0.2, 0.25) is 0 Å². The van der Waals surface area contributed by atoms with Crippen LogP contribution in [0.2, 0.25) is 0 Å². The molecule has 3 N–H and O–H groups in total. The van der Waals surface area contributed by atoms with Gasteiger partial charge in [-0.3, -0.25) is 11.3 Å². The number of halogens is 3. The van der Waals surface area contributed by atoms with Crippen LogP contribution in [0.3, 0.4) is 0 Å². The second kappa shape index (κ2) is 5.33. The summed E-state index contributed by atoms with van der Waals surface area (Å²) in [6.45, 7) is 0. The first-order chi connectivity index (χ1) is 7.43. The topological polar surface area (TPSA) is 47.3 Å². The molecule has 0 saturated heterocycles. The molecule has 0 amide bonds. The molecule has 96 valence electrons. The number of hydrogen-bond acceptors (Lipinski definition) is 3. The van der Waals surface area contributed by atoms with Gasteiger partial charge in [0.05, 0.1) is 11.6 Å². The molecule has 16 heavy (non-hydrogen) atoms. The average molecular weight is 240 g/mol. The zero-order valence-corrected chi connectivity index (χ0v) is 9.44.